The van der Waals surface area contributed by atoms with Gasteiger partial charge in [0.05, 0.1) is 0 Å². The lowest BCUT2D eigenvalue weighted by atomic mass is 9.85. The van der Waals surface area contributed by atoms with Crippen molar-refractivity contribution in [2.75, 3.05) is 0 Å². The summed E-state index contributed by atoms with van der Waals surface area (Å²) < 4.78 is 329. The van der Waals surface area contributed by atoms with E-state index in [1.807, 2.05) is 0 Å². The summed E-state index contributed by atoms with van der Waals surface area (Å²) in [7, 11) is -4.42. The molecule has 3 aromatic carbocycles. The normalized spacial score (nSPS) is 15.3. The highest BCUT2D eigenvalue weighted by molar-refractivity contribution is 8.30. The van der Waals surface area contributed by atoms with Crippen molar-refractivity contribution in [1.29, 1.82) is 0 Å². The maximum atomic E-state index is 15.5. The molecular formula is C33H21F23O2S. The molecule has 0 bridgehead atoms. The highest BCUT2D eigenvalue weighted by atomic mass is 32.3. The molecule has 0 heterocycles. The minimum atomic E-state index is -9.56. The van der Waals surface area contributed by atoms with E-state index >= 15 is 17.6 Å². The number of halogens is 23. The molecule has 0 aliphatic heterocycles. The van der Waals surface area contributed by atoms with Crippen LogP contribution in [0.15, 0.2) is 87.5 Å². The van der Waals surface area contributed by atoms with Crippen LogP contribution in [-0.4, -0.2) is 71.4 Å². The van der Waals surface area contributed by atoms with Crippen LogP contribution in [0.25, 0.3) is 0 Å². The summed E-state index contributed by atoms with van der Waals surface area (Å²) in [6.07, 6.45) is -8.16. The average molecular weight is 919 g/mol. The van der Waals surface area contributed by atoms with E-state index in [9.17, 15) is 88.2 Å². The van der Waals surface area contributed by atoms with Gasteiger partial charge in [-0.15, -0.1) is 0 Å². The fourth-order valence-corrected chi connectivity index (χ4v) is 8.86. The van der Waals surface area contributed by atoms with E-state index < -0.39 is 91.5 Å². The van der Waals surface area contributed by atoms with E-state index in [4.69, 9.17) is 4.18 Å². The van der Waals surface area contributed by atoms with Gasteiger partial charge in [-0.1, -0.05) is 54.1 Å². The second kappa shape index (κ2) is 14.5. The zero-order valence-corrected chi connectivity index (χ0v) is 29.7. The first-order valence-electron chi connectivity index (χ1n) is 15.3. The summed E-state index contributed by atoms with van der Waals surface area (Å²) in [5, 5.41) is 0. The molecule has 0 radical (unpaired) electrons. The molecule has 332 valence electrons. The van der Waals surface area contributed by atoms with Crippen molar-refractivity contribution >= 4 is 16.3 Å². The Balaban J connectivity index is 2.29. The molecule has 0 unspecified atom stereocenters. The van der Waals surface area contributed by atoms with Crippen LogP contribution in [0.1, 0.15) is 16.7 Å². The fourth-order valence-electron chi connectivity index (χ4n) is 5.40. The summed E-state index contributed by atoms with van der Waals surface area (Å²) in [6, 6.07) is 13.3. The zero-order valence-electron chi connectivity index (χ0n) is 28.8. The Morgan fingerprint density at radius 2 is 0.695 bits per heavy atom. The van der Waals surface area contributed by atoms with Gasteiger partial charge in [0.2, 0.25) is 0 Å². The summed E-state index contributed by atoms with van der Waals surface area (Å²) in [5.74, 6) is -94.5. The zero-order chi connectivity index (χ0) is 46.2. The molecular weight excluding hydrogens is 897 g/mol. The molecule has 0 aliphatic carbocycles. The molecule has 26 heteroatoms. The maximum absolute atomic E-state index is 15.5. The Labute approximate surface area is 316 Å². The number of carbonyl (C=O) groups excluding carboxylic acids is 1. The van der Waals surface area contributed by atoms with Crippen LogP contribution in [0.3, 0.4) is 0 Å². The topological polar surface area (TPSA) is 26.3 Å². The Hall–Kier alpha value is -4.13. The first-order chi connectivity index (χ1) is 26.2. The van der Waals surface area contributed by atoms with Crippen LogP contribution in [0.2, 0.25) is 0 Å². The van der Waals surface area contributed by atoms with Crippen LogP contribution >= 0.6 is 10.3 Å². The average Bonchev–Trinajstić information content (AvgIpc) is 3.10. The Bertz CT molecular complexity index is 1950. The van der Waals surface area contributed by atoms with E-state index in [2.05, 4.69) is 0 Å². The van der Waals surface area contributed by atoms with Crippen molar-refractivity contribution in [3.63, 3.8) is 0 Å². The maximum Gasteiger partial charge on any atom is 0.460 e. The fraction of sp³-hybridized carbons (Fsp3) is 0.424. The smallest absolute Gasteiger partial charge is 0.397 e. The number of hydrogen-bond acceptors (Lipinski definition) is 2. The first-order valence-corrected chi connectivity index (χ1v) is 16.8. The van der Waals surface area contributed by atoms with Crippen molar-refractivity contribution in [3.05, 3.63) is 89.5 Å². The number of carbonyl (C=O) groups is 1. The van der Waals surface area contributed by atoms with Crippen molar-refractivity contribution in [3.8, 4) is 0 Å². The van der Waals surface area contributed by atoms with Gasteiger partial charge in [0, 0.05) is 14.7 Å². The first kappa shape index (κ1) is 49.2. The van der Waals surface area contributed by atoms with Crippen molar-refractivity contribution < 1.29 is 110 Å². The lowest BCUT2D eigenvalue weighted by Crippen LogP contribution is -2.78. The molecule has 0 fully saturated rings. The SMILES string of the molecule is Cc1cc(C)c(S(OC(=O)C(F)(F)C(F)(F)C(F)(F)C(F)(F)C(F)(F)C(F)(F)C(F)(F)C(F)(F)C(F)(F)C(F)(F)C(F)(F)F)(c2ccccc2)c2ccccc2)c(C)c1. The molecule has 2 nitrogen and oxygen atoms in total. The Morgan fingerprint density at radius 3 is 0.983 bits per heavy atom. The third-order valence-electron chi connectivity index (χ3n) is 8.40. The van der Waals surface area contributed by atoms with Crippen LogP contribution < -0.4 is 0 Å². The number of alkyl halides is 23. The molecule has 0 atom stereocenters. The molecule has 0 aliphatic rings. The van der Waals surface area contributed by atoms with Crippen LogP contribution in [0.4, 0.5) is 101 Å². The number of rotatable bonds is 14. The van der Waals surface area contributed by atoms with Crippen LogP contribution in [0.5, 0.6) is 0 Å². The van der Waals surface area contributed by atoms with Gasteiger partial charge < -0.3 is 4.18 Å². The number of hydrogen-bond donors (Lipinski definition) is 0. The second-order valence-corrected chi connectivity index (χ2v) is 15.2. The van der Waals surface area contributed by atoms with Crippen molar-refractivity contribution in [1.82, 2.24) is 0 Å². The van der Waals surface area contributed by atoms with Crippen LogP contribution in [-0.2, 0) is 8.98 Å². The third kappa shape index (κ3) is 6.72. The second-order valence-electron chi connectivity index (χ2n) is 12.5. The van der Waals surface area contributed by atoms with Gasteiger partial charge in [0.1, 0.15) is 0 Å². The quantitative estimate of drug-likeness (QED) is 0.151. The molecule has 0 saturated carbocycles. The predicted octanol–water partition coefficient (Wildman–Crippen LogP) is 13.3. The molecule has 0 amide bonds. The molecule has 0 N–H and O–H groups in total. The summed E-state index contributed by atoms with van der Waals surface area (Å²) in [5.41, 5.74) is 0.313. The van der Waals surface area contributed by atoms with Gasteiger partial charge in [-0.05, 0) is 66.5 Å². The van der Waals surface area contributed by atoms with E-state index in [0.29, 0.717) is 5.56 Å². The molecule has 0 aromatic heterocycles. The number of benzene rings is 3. The summed E-state index contributed by atoms with van der Waals surface area (Å²) in [6.45, 7) is 3.87. The third-order valence-corrected chi connectivity index (χ3v) is 11.9. The molecule has 3 aromatic rings. The van der Waals surface area contributed by atoms with Gasteiger partial charge >= 0.3 is 71.4 Å². The number of aryl methyl sites for hydroxylation is 3. The predicted molar refractivity (Wildman–Crippen MR) is 158 cm³/mol. The highest BCUT2D eigenvalue weighted by Gasteiger charge is 2.99. The summed E-state index contributed by atoms with van der Waals surface area (Å²) in [4.78, 5) is 11.9. The van der Waals surface area contributed by atoms with E-state index in [1.54, 1.807) is 0 Å². The largest absolute Gasteiger partial charge is 0.460 e. The van der Waals surface area contributed by atoms with Gasteiger partial charge in [-0.3, -0.25) is 0 Å². The standard InChI is InChI=1S/C33H21F23O2S/c1-16-14-17(2)21(18(3)15-16)59(19-10-6-4-7-11-19,20-12-8-5-9-13-20)58-22(57)23(34,35)24(36,37)25(38,39)26(40,41)27(42,43)28(44,45)29(46,47)30(48,49)31(50,51)32(52,53)33(54,55)56/h4-15H,1-3H3. The Morgan fingerprint density at radius 1 is 0.424 bits per heavy atom. The molecule has 59 heavy (non-hydrogen) atoms. The summed E-state index contributed by atoms with van der Waals surface area (Å²) >= 11 is 0. The van der Waals surface area contributed by atoms with Gasteiger partial charge in [-0.2, -0.15) is 101 Å². The Kier molecular flexibility index (Phi) is 12.1. The lowest BCUT2D eigenvalue weighted by Gasteiger charge is -2.45. The van der Waals surface area contributed by atoms with Crippen molar-refractivity contribution in [2.45, 2.75) is 101 Å². The van der Waals surface area contributed by atoms with Gasteiger partial charge in [0.15, 0.2) is 0 Å². The van der Waals surface area contributed by atoms with E-state index in [1.165, 1.54) is 45.0 Å². The minimum Gasteiger partial charge on any atom is -0.397 e. The van der Waals surface area contributed by atoms with E-state index in [0.717, 1.165) is 48.5 Å². The van der Waals surface area contributed by atoms with E-state index in [-0.39, 0.29) is 16.0 Å². The monoisotopic (exact) mass is 918 g/mol. The lowest BCUT2D eigenvalue weighted by molar-refractivity contribution is -0.477. The molecule has 3 rings (SSSR count). The highest BCUT2D eigenvalue weighted by Crippen LogP contribution is 2.72. The van der Waals surface area contributed by atoms with Gasteiger partial charge in [0.25, 0.3) is 0 Å². The minimum absolute atomic E-state index is 0.0388. The van der Waals surface area contributed by atoms with Crippen LogP contribution in [0, 0.1) is 20.8 Å². The van der Waals surface area contributed by atoms with Gasteiger partial charge in [-0.25, -0.2) is 4.79 Å². The molecule has 0 saturated heterocycles. The molecule has 0 spiro atoms. The van der Waals surface area contributed by atoms with Crippen molar-refractivity contribution in [2.24, 2.45) is 0 Å².